The third kappa shape index (κ3) is 5.25. The second-order valence-electron chi connectivity index (χ2n) is 8.57. The fourth-order valence-electron chi connectivity index (χ4n) is 4.67. The quantitative estimate of drug-likeness (QED) is 0.751. The molecule has 6 heteroatoms. The molecule has 4 heterocycles. The molecule has 0 radical (unpaired) electrons. The maximum absolute atomic E-state index is 13.1. The maximum Gasteiger partial charge on any atom is 0.257 e. The largest absolute Gasteiger partial charge is 0.472 e. The van der Waals surface area contributed by atoms with Crippen molar-refractivity contribution in [3.05, 3.63) is 54.2 Å². The van der Waals surface area contributed by atoms with Gasteiger partial charge in [0, 0.05) is 31.5 Å². The molecule has 2 saturated heterocycles. The molecule has 156 valence electrons. The van der Waals surface area contributed by atoms with Crippen molar-refractivity contribution in [2.75, 3.05) is 39.8 Å². The minimum atomic E-state index is 0.0494. The molecule has 0 spiro atoms. The number of nitrogens with zero attached hydrogens (tertiary/aromatic N) is 4. The molecular formula is C23H32N4O2. The normalized spacial score (nSPS) is 20.0. The second kappa shape index (κ2) is 9.55. The monoisotopic (exact) mass is 396 g/mol. The van der Waals surface area contributed by atoms with Crippen LogP contribution in [0.15, 0.2) is 47.5 Å². The van der Waals surface area contributed by atoms with E-state index in [0.717, 1.165) is 44.1 Å². The molecular weight excluding hydrogens is 364 g/mol. The van der Waals surface area contributed by atoms with Crippen LogP contribution >= 0.6 is 0 Å². The number of rotatable bonds is 6. The molecule has 0 unspecified atom stereocenters. The lowest BCUT2D eigenvalue weighted by molar-refractivity contribution is 0.0586. The van der Waals surface area contributed by atoms with Crippen LogP contribution in [0, 0.1) is 5.92 Å². The third-order valence-corrected chi connectivity index (χ3v) is 6.51. The first kappa shape index (κ1) is 20.1. The van der Waals surface area contributed by atoms with Gasteiger partial charge in [-0.3, -0.25) is 9.78 Å². The summed E-state index contributed by atoms with van der Waals surface area (Å²) in [6, 6.07) is 6.47. The Morgan fingerprint density at radius 2 is 1.83 bits per heavy atom. The van der Waals surface area contributed by atoms with E-state index in [-0.39, 0.29) is 5.91 Å². The molecule has 1 amide bonds. The first-order valence-corrected chi connectivity index (χ1v) is 10.8. The van der Waals surface area contributed by atoms with Gasteiger partial charge in [-0.15, -0.1) is 0 Å². The number of hydrogen-bond donors (Lipinski definition) is 0. The highest BCUT2D eigenvalue weighted by molar-refractivity contribution is 5.93. The van der Waals surface area contributed by atoms with Gasteiger partial charge >= 0.3 is 0 Å². The van der Waals surface area contributed by atoms with E-state index < -0.39 is 0 Å². The molecule has 2 aliphatic rings. The van der Waals surface area contributed by atoms with E-state index in [0.29, 0.717) is 18.0 Å². The molecule has 2 aromatic heterocycles. The van der Waals surface area contributed by atoms with Gasteiger partial charge in [-0.2, -0.15) is 0 Å². The summed E-state index contributed by atoms with van der Waals surface area (Å²) in [7, 11) is 2.22. The van der Waals surface area contributed by atoms with Gasteiger partial charge in [0.2, 0.25) is 0 Å². The van der Waals surface area contributed by atoms with Crippen molar-refractivity contribution in [3.63, 3.8) is 0 Å². The van der Waals surface area contributed by atoms with Crippen LogP contribution in [0.3, 0.4) is 0 Å². The average molecular weight is 397 g/mol. The van der Waals surface area contributed by atoms with Crippen molar-refractivity contribution in [3.8, 4) is 0 Å². The molecule has 6 nitrogen and oxygen atoms in total. The number of pyridine rings is 1. The highest BCUT2D eigenvalue weighted by atomic mass is 16.3. The van der Waals surface area contributed by atoms with E-state index in [1.165, 1.54) is 25.9 Å². The van der Waals surface area contributed by atoms with Crippen LogP contribution in [0.25, 0.3) is 0 Å². The summed E-state index contributed by atoms with van der Waals surface area (Å²) >= 11 is 0. The van der Waals surface area contributed by atoms with Crippen molar-refractivity contribution in [1.82, 2.24) is 19.7 Å². The second-order valence-corrected chi connectivity index (χ2v) is 8.57. The van der Waals surface area contributed by atoms with Gasteiger partial charge in [0.25, 0.3) is 5.91 Å². The molecule has 0 atom stereocenters. The molecule has 0 saturated carbocycles. The Morgan fingerprint density at radius 3 is 2.48 bits per heavy atom. The predicted octanol–water partition coefficient (Wildman–Crippen LogP) is 3.12. The molecule has 2 aliphatic heterocycles. The maximum atomic E-state index is 13.1. The van der Waals surface area contributed by atoms with Gasteiger partial charge in [0.05, 0.1) is 11.8 Å². The zero-order chi connectivity index (χ0) is 20.1. The molecule has 0 bridgehead atoms. The molecule has 4 rings (SSSR count). The van der Waals surface area contributed by atoms with Crippen molar-refractivity contribution in [2.45, 2.75) is 38.3 Å². The highest BCUT2D eigenvalue weighted by Crippen LogP contribution is 2.25. The van der Waals surface area contributed by atoms with Gasteiger partial charge in [0.15, 0.2) is 0 Å². The first-order valence-electron chi connectivity index (χ1n) is 10.8. The third-order valence-electron chi connectivity index (χ3n) is 6.51. The van der Waals surface area contributed by atoms with E-state index in [4.69, 9.17) is 4.42 Å². The Bertz CT molecular complexity index is 748. The summed E-state index contributed by atoms with van der Waals surface area (Å²) in [5.74, 6) is 0.600. The Labute approximate surface area is 173 Å². The lowest BCUT2D eigenvalue weighted by Gasteiger charge is -2.41. The van der Waals surface area contributed by atoms with E-state index in [2.05, 4.69) is 21.8 Å². The lowest BCUT2D eigenvalue weighted by atomic mass is 9.92. The molecule has 29 heavy (non-hydrogen) atoms. The molecule has 0 N–H and O–H groups in total. The average Bonchev–Trinajstić information content (AvgIpc) is 3.30. The van der Waals surface area contributed by atoms with Gasteiger partial charge in [0.1, 0.15) is 6.26 Å². The number of furan rings is 1. The summed E-state index contributed by atoms with van der Waals surface area (Å²) in [6.07, 6.45) is 11.6. The topological polar surface area (TPSA) is 52.8 Å². The lowest BCUT2D eigenvalue weighted by Crippen LogP contribution is -2.48. The molecule has 2 aromatic rings. The van der Waals surface area contributed by atoms with Crippen LogP contribution in [0.5, 0.6) is 0 Å². The minimum absolute atomic E-state index is 0.0494. The summed E-state index contributed by atoms with van der Waals surface area (Å²) < 4.78 is 5.15. The van der Waals surface area contributed by atoms with Crippen LogP contribution in [0.1, 0.15) is 41.6 Å². The SMILES string of the molecule is CN1CCC(N2CCC(CN(Cc3ccncc3)C(=O)c3ccoc3)CC2)CC1. The summed E-state index contributed by atoms with van der Waals surface area (Å²) in [5.41, 5.74) is 1.74. The summed E-state index contributed by atoms with van der Waals surface area (Å²) in [6.45, 7) is 6.15. The molecule has 2 fully saturated rings. The fourth-order valence-corrected chi connectivity index (χ4v) is 4.67. The van der Waals surface area contributed by atoms with Gasteiger partial charge in [-0.05, 0) is 88.6 Å². The fraction of sp³-hybridized carbons (Fsp3) is 0.565. The van der Waals surface area contributed by atoms with Crippen LogP contribution in [-0.4, -0.2) is 71.4 Å². The number of carbonyl (C=O) groups is 1. The van der Waals surface area contributed by atoms with E-state index in [1.807, 2.05) is 17.0 Å². The van der Waals surface area contributed by atoms with E-state index in [9.17, 15) is 4.79 Å². The summed E-state index contributed by atoms with van der Waals surface area (Å²) in [4.78, 5) is 24.3. The van der Waals surface area contributed by atoms with Crippen molar-refractivity contribution < 1.29 is 9.21 Å². The van der Waals surface area contributed by atoms with Gasteiger partial charge < -0.3 is 19.1 Å². The van der Waals surface area contributed by atoms with Crippen LogP contribution in [0.2, 0.25) is 0 Å². The molecule has 0 aromatic carbocycles. The zero-order valence-electron chi connectivity index (χ0n) is 17.4. The smallest absolute Gasteiger partial charge is 0.257 e. The summed E-state index contributed by atoms with van der Waals surface area (Å²) in [5, 5.41) is 0. The Balaban J connectivity index is 1.36. The van der Waals surface area contributed by atoms with Crippen LogP contribution in [0.4, 0.5) is 0 Å². The highest BCUT2D eigenvalue weighted by Gasteiger charge is 2.29. The van der Waals surface area contributed by atoms with Crippen molar-refractivity contribution >= 4 is 5.91 Å². The Kier molecular flexibility index (Phi) is 6.62. The minimum Gasteiger partial charge on any atom is -0.472 e. The van der Waals surface area contributed by atoms with Crippen molar-refractivity contribution in [1.29, 1.82) is 0 Å². The van der Waals surface area contributed by atoms with Gasteiger partial charge in [-0.1, -0.05) is 0 Å². The number of likely N-dealkylation sites (tertiary alicyclic amines) is 2. The molecule has 0 aliphatic carbocycles. The standard InChI is InChI=1S/C23H32N4O2/c1-25-11-6-22(7-12-25)26-13-4-20(5-14-26)17-27(16-19-2-9-24-10-3-19)23(28)21-8-15-29-18-21/h2-3,8-10,15,18,20,22H,4-7,11-14,16-17H2,1H3. The number of aromatic nitrogens is 1. The zero-order valence-corrected chi connectivity index (χ0v) is 17.4. The van der Waals surface area contributed by atoms with E-state index in [1.54, 1.807) is 31.0 Å². The number of piperidine rings is 2. The van der Waals surface area contributed by atoms with Crippen LogP contribution in [-0.2, 0) is 6.54 Å². The predicted molar refractivity (Wildman–Crippen MR) is 113 cm³/mol. The number of hydrogen-bond acceptors (Lipinski definition) is 5. The first-order chi connectivity index (χ1) is 14.2. The number of carbonyl (C=O) groups excluding carboxylic acids is 1. The van der Waals surface area contributed by atoms with Crippen LogP contribution < -0.4 is 0 Å². The van der Waals surface area contributed by atoms with Gasteiger partial charge in [-0.25, -0.2) is 0 Å². The number of amides is 1. The Morgan fingerprint density at radius 1 is 1.10 bits per heavy atom. The Hall–Kier alpha value is -2.18. The van der Waals surface area contributed by atoms with Crippen molar-refractivity contribution in [2.24, 2.45) is 5.92 Å². The van der Waals surface area contributed by atoms with E-state index >= 15 is 0 Å².